The quantitative estimate of drug-likeness (QED) is 0.659. The maximum Gasteiger partial charge on any atom is 0.256 e. The number of nitrogens with zero attached hydrogens (tertiary/aromatic N) is 3. The molecule has 1 aromatic carbocycles. The molecule has 0 aliphatic carbocycles. The lowest BCUT2D eigenvalue weighted by molar-refractivity contribution is 0.0956. The summed E-state index contributed by atoms with van der Waals surface area (Å²) in [5, 5.41) is 10.8. The first-order valence-corrected chi connectivity index (χ1v) is 9.90. The summed E-state index contributed by atoms with van der Waals surface area (Å²) in [5.74, 6) is -0.359. The predicted octanol–water partition coefficient (Wildman–Crippen LogP) is 4.14. The Labute approximate surface area is 170 Å². The first-order valence-electron chi connectivity index (χ1n) is 9.90. The number of rotatable bonds is 6. The van der Waals surface area contributed by atoms with Crippen LogP contribution in [-0.2, 0) is 0 Å². The van der Waals surface area contributed by atoms with Crippen LogP contribution in [0.2, 0.25) is 0 Å². The van der Waals surface area contributed by atoms with Crippen molar-refractivity contribution in [3.05, 3.63) is 53.3 Å². The Hall–Kier alpha value is -3.22. The van der Waals surface area contributed by atoms with Gasteiger partial charge in [-0.1, -0.05) is 26.0 Å². The number of hydrogen-bond donors (Lipinski definition) is 2. The maximum absolute atomic E-state index is 13.2. The van der Waals surface area contributed by atoms with E-state index in [0.29, 0.717) is 34.4 Å². The van der Waals surface area contributed by atoms with E-state index >= 15 is 0 Å². The van der Waals surface area contributed by atoms with E-state index in [9.17, 15) is 9.59 Å². The molecule has 0 saturated carbocycles. The highest BCUT2D eigenvalue weighted by molar-refractivity contribution is 6.14. The van der Waals surface area contributed by atoms with E-state index in [1.54, 1.807) is 30.5 Å². The van der Waals surface area contributed by atoms with Crippen LogP contribution in [0.5, 0.6) is 0 Å². The van der Waals surface area contributed by atoms with Gasteiger partial charge in [0.15, 0.2) is 5.65 Å². The fourth-order valence-electron chi connectivity index (χ4n) is 3.13. The van der Waals surface area contributed by atoms with Crippen molar-refractivity contribution in [1.82, 2.24) is 20.1 Å². The van der Waals surface area contributed by atoms with E-state index in [1.165, 1.54) is 0 Å². The first-order chi connectivity index (χ1) is 13.8. The second-order valence-electron chi connectivity index (χ2n) is 7.53. The predicted molar refractivity (Wildman–Crippen MR) is 114 cm³/mol. The zero-order valence-corrected chi connectivity index (χ0v) is 17.5. The molecular formula is C22H27N5O2. The Bertz CT molecular complexity index is 1050. The fourth-order valence-corrected chi connectivity index (χ4v) is 3.13. The van der Waals surface area contributed by atoms with Crippen LogP contribution in [-0.4, -0.2) is 33.1 Å². The summed E-state index contributed by atoms with van der Waals surface area (Å²) >= 11 is 0. The summed E-state index contributed by atoms with van der Waals surface area (Å²) < 4.78 is 1.82. The van der Waals surface area contributed by atoms with Crippen LogP contribution in [0.4, 0.5) is 5.69 Å². The lowest BCUT2D eigenvalue weighted by atomic mass is 10.0. The minimum Gasteiger partial charge on any atom is -0.352 e. The van der Waals surface area contributed by atoms with Crippen molar-refractivity contribution in [2.75, 3.05) is 11.9 Å². The van der Waals surface area contributed by atoms with E-state index < -0.39 is 0 Å². The molecule has 7 nitrogen and oxygen atoms in total. The van der Waals surface area contributed by atoms with Gasteiger partial charge in [-0.05, 0) is 44.9 Å². The van der Waals surface area contributed by atoms with E-state index in [4.69, 9.17) is 4.98 Å². The number of amides is 2. The van der Waals surface area contributed by atoms with Gasteiger partial charge in [0.25, 0.3) is 11.8 Å². The number of benzene rings is 1. The third-order valence-corrected chi connectivity index (χ3v) is 4.67. The molecule has 0 aliphatic heterocycles. The minimum atomic E-state index is -0.292. The molecule has 0 fully saturated rings. The van der Waals surface area contributed by atoms with Crippen molar-refractivity contribution in [1.29, 1.82) is 0 Å². The second kappa shape index (κ2) is 8.43. The van der Waals surface area contributed by atoms with Crippen molar-refractivity contribution in [3.8, 4) is 0 Å². The van der Waals surface area contributed by atoms with Gasteiger partial charge >= 0.3 is 0 Å². The Balaban J connectivity index is 2.05. The van der Waals surface area contributed by atoms with Crippen molar-refractivity contribution >= 4 is 28.5 Å². The monoisotopic (exact) mass is 393 g/mol. The molecule has 2 aromatic heterocycles. The molecule has 2 heterocycles. The third-order valence-electron chi connectivity index (χ3n) is 4.67. The molecule has 2 N–H and O–H groups in total. The number of aromatic nitrogens is 3. The molecule has 0 aliphatic rings. The van der Waals surface area contributed by atoms with Crippen LogP contribution in [0.15, 0.2) is 36.5 Å². The summed E-state index contributed by atoms with van der Waals surface area (Å²) in [4.78, 5) is 30.3. The molecule has 2 amide bonds. The lowest BCUT2D eigenvalue weighted by Gasteiger charge is -2.14. The highest BCUT2D eigenvalue weighted by Crippen LogP contribution is 2.25. The number of carbonyl (C=O) groups excluding carboxylic acids is 2. The van der Waals surface area contributed by atoms with Crippen LogP contribution in [0.1, 0.15) is 73.0 Å². The van der Waals surface area contributed by atoms with Crippen molar-refractivity contribution in [3.63, 3.8) is 0 Å². The molecule has 152 valence electrons. The SMILES string of the molecule is CCNC(=O)c1ccccc1NC(=O)c1cc(C(C)C)nc2c1cnn2C(C)C. The number of fused-ring (bicyclic) bond motifs is 1. The smallest absolute Gasteiger partial charge is 0.256 e. The van der Waals surface area contributed by atoms with E-state index in [2.05, 4.69) is 15.7 Å². The van der Waals surface area contributed by atoms with E-state index in [-0.39, 0.29) is 23.8 Å². The van der Waals surface area contributed by atoms with Crippen LogP contribution in [0.25, 0.3) is 11.0 Å². The Morgan fingerprint density at radius 3 is 2.45 bits per heavy atom. The molecule has 0 radical (unpaired) electrons. The molecule has 0 bridgehead atoms. The number of hydrogen-bond acceptors (Lipinski definition) is 4. The van der Waals surface area contributed by atoms with Gasteiger partial charge in [-0.2, -0.15) is 5.10 Å². The summed E-state index contributed by atoms with van der Waals surface area (Å²) in [5.41, 5.74) is 2.90. The fraction of sp³-hybridized carbons (Fsp3) is 0.364. The van der Waals surface area contributed by atoms with Crippen molar-refractivity contribution in [2.45, 2.75) is 46.6 Å². The molecule has 0 spiro atoms. The van der Waals surface area contributed by atoms with E-state index in [0.717, 1.165) is 5.69 Å². The number of pyridine rings is 1. The summed E-state index contributed by atoms with van der Waals surface area (Å²) in [6, 6.07) is 8.91. The van der Waals surface area contributed by atoms with Crippen molar-refractivity contribution < 1.29 is 9.59 Å². The highest BCUT2D eigenvalue weighted by atomic mass is 16.2. The van der Waals surface area contributed by atoms with Gasteiger partial charge in [-0.15, -0.1) is 0 Å². The van der Waals surface area contributed by atoms with Crippen LogP contribution < -0.4 is 10.6 Å². The van der Waals surface area contributed by atoms with Gasteiger partial charge in [-0.3, -0.25) is 9.59 Å². The largest absolute Gasteiger partial charge is 0.352 e. The Morgan fingerprint density at radius 1 is 1.07 bits per heavy atom. The van der Waals surface area contributed by atoms with Gasteiger partial charge in [-0.25, -0.2) is 9.67 Å². The Kier molecular flexibility index (Phi) is 5.96. The maximum atomic E-state index is 13.2. The number of nitrogens with one attached hydrogen (secondary N) is 2. The molecule has 0 unspecified atom stereocenters. The molecule has 3 aromatic rings. The number of carbonyl (C=O) groups is 2. The standard InChI is InChI=1S/C22H27N5O2/c1-6-23-21(28)15-9-7-8-10-18(15)26-22(29)16-11-19(13(2)3)25-20-17(16)12-24-27(20)14(4)5/h7-14H,6H2,1-5H3,(H,23,28)(H,26,29). The van der Waals surface area contributed by atoms with Gasteiger partial charge in [0, 0.05) is 18.3 Å². The third kappa shape index (κ3) is 4.13. The molecule has 3 rings (SSSR count). The summed E-state index contributed by atoms with van der Waals surface area (Å²) in [7, 11) is 0. The zero-order valence-electron chi connectivity index (χ0n) is 17.5. The number of anilines is 1. The lowest BCUT2D eigenvalue weighted by Crippen LogP contribution is -2.25. The van der Waals surface area contributed by atoms with Crippen LogP contribution in [0.3, 0.4) is 0 Å². The topological polar surface area (TPSA) is 88.9 Å². The molecule has 0 atom stereocenters. The van der Waals surface area contributed by atoms with Crippen LogP contribution in [0, 0.1) is 0 Å². The molecular weight excluding hydrogens is 366 g/mol. The summed E-state index contributed by atoms with van der Waals surface area (Å²) in [6.45, 7) is 10.5. The average molecular weight is 393 g/mol. The van der Waals surface area contributed by atoms with Gasteiger partial charge in [0.05, 0.1) is 28.4 Å². The Morgan fingerprint density at radius 2 is 1.79 bits per heavy atom. The van der Waals surface area contributed by atoms with Crippen LogP contribution >= 0.6 is 0 Å². The van der Waals surface area contributed by atoms with Crippen molar-refractivity contribution in [2.24, 2.45) is 0 Å². The zero-order chi connectivity index (χ0) is 21.1. The number of para-hydroxylation sites is 1. The second-order valence-corrected chi connectivity index (χ2v) is 7.53. The first kappa shape index (κ1) is 20.5. The van der Waals surface area contributed by atoms with Gasteiger partial charge < -0.3 is 10.6 Å². The van der Waals surface area contributed by atoms with Gasteiger partial charge in [0.2, 0.25) is 0 Å². The molecule has 7 heteroatoms. The van der Waals surface area contributed by atoms with Gasteiger partial charge in [0.1, 0.15) is 0 Å². The molecule has 0 saturated heterocycles. The average Bonchev–Trinajstić information content (AvgIpc) is 3.12. The minimum absolute atomic E-state index is 0.122. The summed E-state index contributed by atoms with van der Waals surface area (Å²) in [6.07, 6.45) is 1.68. The normalized spacial score (nSPS) is 11.3. The molecule has 29 heavy (non-hydrogen) atoms. The highest BCUT2D eigenvalue weighted by Gasteiger charge is 2.20. The van der Waals surface area contributed by atoms with E-state index in [1.807, 2.05) is 45.4 Å².